The maximum Gasteiger partial charge on any atom is 0.155 e. The highest BCUT2D eigenvalue weighted by Crippen LogP contribution is 2.32. The monoisotopic (exact) mass is 406 g/mol. The van der Waals surface area contributed by atoms with Gasteiger partial charge < -0.3 is 4.98 Å². The van der Waals surface area contributed by atoms with Crippen molar-refractivity contribution in [2.45, 2.75) is 13.8 Å². The molecule has 6 rings (SSSR count). The first kappa shape index (κ1) is 17.5. The number of nitrogens with one attached hydrogen (secondary N) is 2. The van der Waals surface area contributed by atoms with E-state index in [-0.39, 0.29) is 0 Å². The zero-order chi connectivity index (χ0) is 20.9. The molecule has 31 heavy (non-hydrogen) atoms. The molecule has 0 aliphatic heterocycles. The van der Waals surface area contributed by atoms with Gasteiger partial charge >= 0.3 is 0 Å². The van der Waals surface area contributed by atoms with Crippen LogP contribution in [0.5, 0.6) is 0 Å². The average molecular weight is 406 g/mol. The van der Waals surface area contributed by atoms with Crippen molar-refractivity contribution in [2.24, 2.45) is 0 Å². The van der Waals surface area contributed by atoms with Crippen molar-refractivity contribution in [3.05, 3.63) is 72.8 Å². The fourth-order valence-corrected chi connectivity index (χ4v) is 3.93. The Morgan fingerprint density at radius 3 is 2.71 bits per heavy atom. The van der Waals surface area contributed by atoms with Gasteiger partial charge in [0.15, 0.2) is 5.65 Å². The van der Waals surface area contributed by atoms with Gasteiger partial charge in [0.1, 0.15) is 17.8 Å². The predicted octanol–water partition coefficient (Wildman–Crippen LogP) is 4.37. The number of imidazole rings is 1. The molecule has 0 aliphatic rings. The zero-order valence-electron chi connectivity index (χ0n) is 17.0. The minimum Gasteiger partial charge on any atom is -0.353 e. The summed E-state index contributed by atoms with van der Waals surface area (Å²) in [5, 5.41) is 9.54. The molecular formula is C23H18N8. The number of nitrogens with zero attached hydrogens (tertiary/aromatic N) is 6. The van der Waals surface area contributed by atoms with Crippen molar-refractivity contribution >= 4 is 21.9 Å². The number of aromatic amines is 2. The summed E-state index contributed by atoms with van der Waals surface area (Å²) >= 11 is 0. The minimum atomic E-state index is 0.738. The summed E-state index contributed by atoms with van der Waals surface area (Å²) in [6, 6.07) is 8.14. The molecule has 6 aromatic heterocycles. The number of fused-ring (bicyclic) bond motifs is 2. The maximum absolute atomic E-state index is 4.58. The van der Waals surface area contributed by atoms with Crippen LogP contribution in [0.25, 0.3) is 50.3 Å². The highest BCUT2D eigenvalue weighted by Gasteiger charge is 2.16. The lowest BCUT2D eigenvalue weighted by Crippen LogP contribution is -1.94. The van der Waals surface area contributed by atoms with Crippen molar-refractivity contribution < 1.29 is 0 Å². The molecular weight excluding hydrogens is 388 g/mol. The molecule has 150 valence electrons. The first-order chi connectivity index (χ1) is 15.2. The van der Waals surface area contributed by atoms with Crippen LogP contribution in [0.15, 0.2) is 61.6 Å². The van der Waals surface area contributed by atoms with E-state index >= 15 is 0 Å². The first-order valence-corrected chi connectivity index (χ1v) is 9.91. The van der Waals surface area contributed by atoms with Crippen molar-refractivity contribution in [1.29, 1.82) is 0 Å². The fraction of sp³-hybridized carbons (Fsp3) is 0.0870. The Hall–Kier alpha value is -4.33. The summed E-state index contributed by atoms with van der Waals surface area (Å²) in [4.78, 5) is 21.2. The van der Waals surface area contributed by atoms with E-state index in [2.05, 4.69) is 54.2 Å². The van der Waals surface area contributed by atoms with E-state index in [1.807, 2.05) is 42.2 Å². The van der Waals surface area contributed by atoms with Gasteiger partial charge in [-0.2, -0.15) is 5.10 Å². The third-order valence-corrected chi connectivity index (χ3v) is 5.50. The standard InChI is InChI=1S/C23H18N8/c1-13-3-5-24-10-18(13)15-7-17-21(29-30-22(17)26-9-15)20-8-16-19(28-20)4-6-25-23(16)31-11-14(2)27-12-31/h3-12,28H,1-2H3,(H,26,29,30). The van der Waals surface area contributed by atoms with E-state index in [4.69, 9.17) is 0 Å². The van der Waals surface area contributed by atoms with Crippen LogP contribution in [0.2, 0.25) is 0 Å². The van der Waals surface area contributed by atoms with E-state index < -0.39 is 0 Å². The van der Waals surface area contributed by atoms with E-state index in [1.54, 1.807) is 18.7 Å². The summed E-state index contributed by atoms with van der Waals surface area (Å²) in [5.41, 5.74) is 7.59. The lowest BCUT2D eigenvalue weighted by molar-refractivity contribution is 1.01. The average Bonchev–Trinajstić information content (AvgIpc) is 3.50. The molecule has 0 saturated carbocycles. The largest absolute Gasteiger partial charge is 0.353 e. The fourth-order valence-electron chi connectivity index (χ4n) is 3.93. The Kier molecular flexibility index (Phi) is 3.73. The molecule has 6 aromatic rings. The van der Waals surface area contributed by atoms with Crippen LogP contribution in [0, 0.1) is 13.8 Å². The number of pyridine rings is 3. The molecule has 0 aromatic carbocycles. The molecule has 8 nitrogen and oxygen atoms in total. The molecule has 0 saturated heterocycles. The molecule has 2 N–H and O–H groups in total. The molecule has 0 atom stereocenters. The van der Waals surface area contributed by atoms with Crippen LogP contribution >= 0.6 is 0 Å². The van der Waals surface area contributed by atoms with Gasteiger partial charge in [0.25, 0.3) is 0 Å². The molecule has 0 aliphatic carbocycles. The van der Waals surface area contributed by atoms with Crippen molar-refractivity contribution in [3.8, 4) is 28.3 Å². The first-order valence-electron chi connectivity index (χ1n) is 9.91. The number of aryl methyl sites for hydroxylation is 2. The Morgan fingerprint density at radius 2 is 1.87 bits per heavy atom. The van der Waals surface area contributed by atoms with Crippen molar-refractivity contribution in [1.82, 2.24) is 39.7 Å². The van der Waals surface area contributed by atoms with E-state index in [1.165, 1.54) is 0 Å². The molecule has 0 bridgehead atoms. The van der Waals surface area contributed by atoms with Gasteiger partial charge in [-0.05, 0) is 43.7 Å². The smallest absolute Gasteiger partial charge is 0.155 e. The van der Waals surface area contributed by atoms with Crippen molar-refractivity contribution in [3.63, 3.8) is 0 Å². The normalized spacial score (nSPS) is 11.5. The summed E-state index contributed by atoms with van der Waals surface area (Å²) in [5.74, 6) is 0.824. The third-order valence-electron chi connectivity index (χ3n) is 5.50. The number of H-pyrrole nitrogens is 2. The predicted molar refractivity (Wildman–Crippen MR) is 119 cm³/mol. The van der Waals surface area contributed by atoms with Gasteiger partial charge in [-0.15, -0.1) is 0 Å². The molecule has 0 amide bonds. The molecule has 0 radical (unpaired) electrons. The van der Waals surface area contributed by atoms with Crippen molar-refractivity contribution in [2.75, 3.05) is 0 Å². The maximum atomic E-state index is 4.58. The van der Waals surface area contributed by atoms with Gasteiger partial charge in [-0.3, -0.25) is 14.6 Å². The summed E-state index contributed by atoms with van der Waals surface area (Å²) in [6.45, 7) is 4.03. The lowest BCUT2D eigenvalue weighted by Gasteiger charge is -2.04. The number of aromatic nitrogens is 8. The van der Waals surface area contributed by atoms with Crippen LogP contribution in [0.1, 0.15) is 11.3 Å². The van der Waals surface area contributed by atoms with Gasteiger partial charge in [0.05, 0.1) is 16.9 Å². The summed E-state index contributed by atoms with van der Waals surface area (Å²) < 4.78 is 1.93. The van der Waals surface area contributed by atoms with E-state index in [0.717, 1.165) is 61.5 Å². The van der Waals surface area contributed by atoms with E-state index in [9.17, 15) is 0 Å². The van der Waals surface area contributed by atoms with Gasteiger partial charge in [-0.25, -0.2) is 15.0 Å². The second kappa shape index (κ2) is 6.60. The molecule has 0 fully saturated rings. The number of hydrogen-bond donors (Lipinski definition) is 2. The number of rotatable bonds is 3. The lowest BCUT2D eigenvalue weighted by atomic mass is 10.0. The van der Waals surface area contributed by atoms with Gasteiger partial charge in [0, 0.05) is 52.9 Å². The topological polar surface area (TPSA) is 101 Å². The Balaban J connectivity index is 1.52. The molecule has 6 heterocycles. The molecule has 8 heteroatoms. The van der Waals surface area contributed by atoms with Crippen LogP contribution in [0.3, 0.4) is 0 Å². The highest BCUT2D eigenvalue weighted by molar-refractivity contribution is 5.97. The highest BCUT2D eigenvalue weighted by atomic mass is 15.2. The Bertz CT molecular complexity index is 1570. The van der Waals surface area contributed by atoms with E-state index in [0.29, 0.717) is 0 Å². The van der Waals surface area contributed by atoms with Crippen LogP contribution in [-0.2, 0) is 0 Å². The summed E-state index contributed by atoms with van der Waals surface area (Å²) in [6.07, 6.45) is 11.0. The minimum absolute atomic E-state index is 0.738. The number of hydrogen-bond acceptors (Lipinski definition) is 5. The molecule has 0 unspecified atom stereocenters. The van der Waals surface area contributed by atoms with Crippen LogP contribution in [0.4, 0.5) is 0 Å². The van der Waals surface area contributed by atoms with Gasteiger partial charge in [0.2, 0.25) is 0 Å². The van der Waals surface area contributed by atoms with Gasteiger partial charge in [-0.1, -0.05) is 0 Å². The second-order valence-electron chi connectivity index (χ2n) is 7.58. The second-order valence-corrected chi connectivity index (χ2v) is 7.58. The zero-order valence-corrected chi connectivity index (χ0v) is 17.0. The summed E-state index contributed by atoms with van der Waals surface area (Å²) in [7, 11) is 0. The Labute approximate surface area is 177 Å². The van der Waals surface area contributed by atoms with Crippen LogP contribution < -0.4 is 0 Å². The molecule has 0 spiro atoms. The SMILES string of the molecule is Cc1cn(-c2nccc3[nH]c(-c4n[nH]c5ncc(-c6cnccc6C)cc45)cc23)cn1. The Morgan fingerprint density at radius 1 is 0.935 bits per heavy atom. The quantitative estimate of drug-likeness (QED) is 0.455. The van der Waals surface area contributed by atoms with Crippen LogP contribution in [-0.4, -0.2) is 39.7 Å². The third kappa shape index (κ3) is 2.80.